The first kappa shape index (κ1) is 28.2. The molecule has 0 aromatic heterocycles. The van der Waals surface area contributed by atoms with Crippen LogP contribution in [-0.2, 0) is 21.7 Å². The lowest BCUT2D eigenvalue weighted by Gasteiger charge is -2.40. The van der Waals surface area contributed by atoms with Gasteiger partial charge >= 0.3 is 0 Å². The monoisotopic (exact) mass is 548 g/mol. The molecule has 37 heavy (non-hydrogen) atoms. The lowest BCUT2D eigenvalue weighted by molar-refractivity contribution is 0.380. The van der Waals surface area contributed by atoms with Crippen LogP contribution in [0.3, 0.4) is 0 Å². The van der Waals surface area contributed by atoms with Crippen LogP contribution in [0, 0.1) is 0 Å². The lowest BCUT2D eigenvalue weighted by Crippen LogP contribution is -2.42. The van der Waals surface area contributed by atoms with E-state index in [-0.39, 0.29) is 10.1 Å². The van der Waals surface area contributed by atoms with E-state index in [0.717, 1.165) is 12.8 Å². The number of hydrogen-bond donors (Lipinski definition) is 0. The summed E-state index contributed by atoms with van der Waals surface area (Å²) in [6.45, 7) is 28.6. The predicted octanol–water partition coefficient (Wildman–Crippen LogP) is 9.75. The van der Waals surface area contributed by atoms with Crippen molar-refractivity contribution < 1.29 is 8.85 Å². The van der Waals surface area contributed by atoms with Crippen molar-refractivity contribution in [1.82, 2.24) is 0 Å². The largest absolute Gasteiger partial charge is 0.546 e. The molecule has 0 saturated heterocycles. The molecule has 2 aliphatic rings. The van der Waals surface area contributed by atoms with E-state index in [1.165, 1.54) is 44.2 Å². The molecule has 0 atom stereocenters. The van der Waals surface area contributed by atoms with Crippen molar-refractivity contribution in [3.63, 3.8) is 0 Å². The fourth-order valence-electron chi connectivity index (χ4n) is 5.25. The van der Waals surface area contributed by atoms with Crippen LogP contribution in [0.15, 0.2) is 60.0 Å². The van der Waals surface area contributed by atoms with Gasteiger partial charge in [-0.1, -0.05) is 103 Å². The van der Waals surface area contributed by atoms with E-state index < -0.39 is 24.7 Å². The highest BCUT2D eigenvalue weighted by Crippen LogP contribution is 2.51. The quantitative estimate of drug-likeness (QED) is 0.334. The first-order valence-corrected chi connectivity index (χ1v) is 22.7. The molecule has 200 valence electrons. The fourth-order valence-corrected chi connectivity index (χ4v) is 11.4. The summed E-state index contributed by atoms with van der Waals surface area (Å²) in [6.07, 6.45) is 1.81. The summed E-state index contributed by atoms with van der Waals surface area (Å²) < 4.78 is 14.4. The molecule has 4 rings (SSSR count). The summed E-state index contributed by atoms with van der Waals surface area (Å²) in [4.78, 5) is 0. The van der Waals surface area contributed by atoms with Crippen LogP contribution in [0.25, 0.3) is 10.4 Å². The highest BCUT2D eigenvalue weighted by atomic mass is 28.4. The number of allylic oxidation sites excluding steroid dienone is 2. The van der Waals surface area contributed by atoms with Crippen LogP contribution in [-0.4, -0.2) is 24.7 Å². The maximum Gasteiger partial charge on any atom is 0.250 e. The SMILES string of the molecule is CC(C)(C)[Si](C)(C)OC1=C([Si](C)(C)C2=C(O[Si](C)(C)C(C)(C)C)Cc3ccccc32)c2ccccc2C1. The maximum absolute atomic E-state index is 7.18. The van der Waals surface area contributed by atoms with Gasteiger partial charge in [0.15, 0.2) is 0 Å². The third-order valence-electron chi connectivity index (χ3n) is 9.45. The standard InChI is InChI=1S/C32H48O2Si3/c1-31(2,3)36(9,10)33-27-21-23-17-13-15-19-25(23)29(27)35(7,8)30-26-20-16-14-18-24(26)22-28(30)34-37(11,12)32(4,5)6/h13-20H,21-22H2,1-12H3. The molecule has 2 aromatic rings. The third-order valence-corrected chi connectivity index (χ3v) is 21.8. The van der Waals surface area contributed by atoms with Crippen molar-refractivity contribution in [3.8, 4) is 0 Å². The average molecular weight is 549 g/mol. The van der Waals surface area contributed by atoms with E-state index in [4.69, 9.17) is 8.85 Å². The van der Waals surface area contributed by atoms with Gasteiger partial charge in [0.1, 0.15) is 8.07 Å². The number of hydrogen-bond acceptors (Lipinski definition) is 2. The molecule has 5 heteroatoms. The Kier molecular flexibility index (Phi) is 6.96. The Bertz CT molecular complexity index is 1170. The molecule has 0 heterocycles. The summed E-state index contributed by atoms with van der Waals surface area (Å²) in [5, 5.41) is 3.27. The van der Waals surface area contributed by atoms with E-state index in [9.17, 15) is 0 Å². The molecule has 0 aliphatic heterocycles. The van der Waals surface area contributed by atoms with E-state index in [1.807, 2.05) is 0 Å². The van der Waals surface area contributed by atoms with Crippen LogP contribution >= 0.6 is 0 Å². The van der Waals surface area contributed by atoms with Crippen molar-refractivity contribution in [3.05, 3.63) is 82.3 Å². The topological polar surface area (TPSA) is 18.5 Å². The van der Waals surface area contributed by atoms with Crippen LogP contribution < -0.4 is 0 Å². The molecular formula is C32H48O2Si3. The molecule has 0 amide bonds. The number of rotatable bonds is 6. The second-order valence-corrected chi connectivity index (χ2v) is 28.3. The van der Waals surface area contributed by atoms with Gasteiger partial charge in [0.2, 0.25) is 16.6 Å². The van der Waals surface area contributed by atoms with Crippen LogP contribution in [0.1, 0.15) is 63.8 Å². The molecule has 0 unspecified atom stereocenters. The van der Waals surface area contributed by atoms with Crippen LogP contribution in [0.4, 0.5) is 0 Å². The maximum atomic E-state index is 7.18. The van der Waals surface area contributed by atoms with Crippen molar-refractivity contribution in [2.75, 3.05) is 0 Å². The minimum atomic E-state index is -2.23. The highest BCUT2D eigenvalue weighted by molar-refractivity contribution is 7.09. The second-order valence-electron chi connectivity index (χ2n) is 14.6. The highest BCUT2D eigenvalue weighted by Gasteiger charge is 2.48. The molecule has 0 fully saturated rings. The van der Waals surface area contributed by atoms with Gasteiger partial charge in [0, 0.05) is 12.8 Å². The van der Waals surface area contributed by atoms with Gasteiger partial charge in [-0.25, -0.2) is 0 Å². The molecule has 2 aromatic carbocycles. The van der Waals surface area contributed by atoms with E-state index in [2.05, 4.69) is 129 Å². The second kappa shape index (κ2) is 9.13. The Morgan fingerprint density at radius 3 is 1.19 bits per heavy atom. The summed E-state index contributed by atoms with van der Waals surface area (Å²) in [5.41, 5.74) is 5.61. The van der Waals surface area contributed by atoms with Gasteiger partial charge in [-0.2, -0.15) is 0 Å². The molecule has 0 spiro atoms. The molecule has 0 bridgehead atoms. The van der Waals surface area contributed by atoms with Gasteiger partial charge in [-0.05, 0) is 68.9 Å². The van der Waals surface area contributed by atoms with Gasteiger partial charge in [0.05, 0.1) is 11.5 Å². The normalized spacial score (nSPS) is 16.8. The predicted molar refractivity (Wildman–Crippen MR) is 168 cm³/mol. The number of benzene rings is 2. The molecule has 0 N–H and O–H groups in total. The Balaban J connectivity index is 1.93. The third kappa shape index (κ3) is 4.99. The smallest absolute Gasteiger partial charge is 0.250 e. The summed E-state index contributed by atoms with van der Waals surface area (Å²) >= 11 is 0. The Morgan fingerprint density at radius 1 is 0.541 bits per heavy atom. The first-order chi connectivity index (χ1) is 16.9. The Hall–Kier alpha value is -1.83. The first-order valence-electron chi connectivity index (χ1n) is 13.9. The fraction of sp³-hybridized carbons (Fsp3) is 0.500. The van der Waals surface area contributed by atoms with Gasteiger partial charge < -0.3 is 8.85 Å². The summed E-state index contributed by atoms with van der Waals surface area (Å²) in [7, 11) is -6.22. The van der Waals surface area contributed by atoms with Crippen LogP contribution in [0.5, 0.6) is 0 Å². The van der Waals surface area contributed by atoms with Crippen molar-refractivity contribution in [1.29, 1.82) is 0 Å². The average Bonchev–Trinajstić information content (AvgIpc) is 3.29. The van der Waals surface area contributed by atoms with Crippen molar-refractivity contribution in [2.24, 2.45) is 0 Å². The van der Waals surface area contributed by atoms with E-state index >= 15 is 0 Å². The lowest BCUT2D eigenvalue weighted by atomic mass is 10.1. The minimum Gasteiger partial charge on any atom is -0.546 e. The molecule has 2 aliphatic carbocycles. The summed E-state index contributed by atoms with van der Waals surface area (Å²) in [5.74, 6) is 2.46. The van der Waals surface area contributed by atoms with E-state index in [0.29, 0.717) is 0 Å². The van der Waals surface area contributed by atoms with Crippen molar-refractivity contribution >= 4 is 35.1 Å². The minimum absolute atomic E-state index is 0.154. The Morgan fingerprint density at radius 2 is 0.865 bits per heavy atom. The van der Waals surface area contributed by atoms with Crippen LogP contribution in [0.2, 0.25) is 49.4 Å². The Labute approximate surface area is 229 Å². The molecule has 0 radical (unpaired) electrons. The zero-order chi connectivity index (χ0) is 27.6. The molecule has 0 saturated carbocycles. The van der Waals surface area contributed by atoms with E-state index in [1.54, 1.807) is 0 Å². The van der Waals surface area contributed by atoms with Gasteiger partial charge in [-0.3, -0.25) is 0 Å². The van der Waals surface area contributed by atoms with Gasteiger partial charge in [0.25, 0.3) is 0 Å². The molecule has 2 nitrogen and oxygen atoms in total. The van der Waals surface area contributed by atoms with Gasteiger partial charge in [-0.15, -0.1) is 0 Å². The van der Waals surface area contributed by atoms with Crippen molar-refractivity contribution in [2.45, 2.75) is 104 Å². The molecular weight excluding hydrogens is 501 g/mol. The zero-order valence-corrected chi connectivity index (χ0v) is 28.3. The summed E-state index contributed by atoms with van der Waals surface area (Å²) in [6, 6.07) is 18.0. The zero-order valence-electron chi connectivity index (χ0n) is 25.3. The number of fused-ring (bicyclic) bond motifs is 2.